The molecule has 5 rings (SSSR count). The van der Waals surface area contributed by atoms with Gasteiger partial charge in [0, 0.05) is 30.6 Å². The number of nitrogens with zero attached hydrogens (tertiary/aromatic N) is 4. The number of hydrogen-bond donors (Lipinski definition) is 1. The molecule has 31 heavy (non-hydrogen) atoms. The molecular formula is C23H20ClN5O2. The highest BCUT2D eigenvalue weighted by molar-refractivity contribution is 6.34. The molecule has 0 spiro atoms. The van der Waals surface area contributed by atoms with Gasteiger partial charge in [-0.2, -0.15) is 5.10 Å². The largest absolute Gasteiger partial charge is 0.340 e. The third kappa shape index (κ3) is 3.61. The number of benzene rings is 2. The Morgan fingerprint density at radius 3 is 2.87 bits per heavy atom. The van der Waals surface area contributed by atoms with Crippen LogP contribution < -0.4 is 5.32 Å². The maximum atomic E-state index is 12.3. The van der Waals surface area contributed by atoms with Gasteiger partial charge in [-0.05, 0) is 29.7 Å². The first-order valence-electron chi connectivity index (χ1n) is 10.0. The van der Waals surface area contributed by atoms with Gasteiger partial charge in [0.05, 0.1) is 41.2 Å². The SMILES string of the molecule is Cn1cnc(Cn2ncc3cc(-c4cccc(C5CCC(=O)NC5=O)c4Cl)ccc32)c1. The standard InChI is InChI=1S/C23H20ClN5O2/c1-28-11-16(25-13-28)12-29-20-7-5-14(9-15(20)10-26-29)17-3-2-4-18(22(17)24)19-6-8-21(30)27-23(19)31/h2-5,7,9-11,13,19H,6,8,12H2,1H3,(H,27,30,31). The average molecular weight is 434 g/mol. The van der Waals surface area contributed by atoms with Gasteiger partial charge in [0.25, 0.3) is 0 Å². The second-order valence-corrected chi connectivity index (χ2v) is 8.20. The van der Waals surface area contributed by atoms with Gasteiger partial charge in [-0.1, -0.05) is 35.9 Å². The number of carbonyl (C=O) groups excluding carboxylic acids is 2. The molecule has 1 aliphatic rings. The van der Waals surface area contributed by atoms with Crippen molar-refractivity contribution in [1.82, 2.24) is 24.6 Å². The van der Waals surface area contributed by atoms with Gasteiger partial charge in [-0.3, -0.25) is 19.6 Å². The Morgan fingerprint density at radius 2 is 2.10 bits per heavy atom. The van der Waals surface area contributed by atoms with Crippen molar-refractivity contribution in [2.75, 3.05) is 0 Å². The highest BCUT2D eigenvalue weighted by Gasteiger charge is 2.30. The summed E-state index contributed by atoms with van der Waals surface area (Å²) in [5.74, 6) is -0.946. The van der Waals surface area contributed by atoms with Crippen LogP contribution in [0.25, 0.3) is 22.0 Å². The summed E-state index contributed by atoms with van der Waals surface area (Å²) < 4.78 is 3.83. The first-order valence-corrected chi connectivity index (χ1v) is 10.4. The van der Waals surface area contributed by atoms with Gasteiger partial charge in [0.1, 0.15) is 0 Å². The number of aryl methyl sites for hydroxylation is 1. The number of halogens is 1. The van der Waals surface area contributed by atoms with Crippen LogP contribution in [0.3, 0.4) is 0 Å². The average Bonchev–Trinajstić information content (AvgIpc) is 3.34. The van der Waals surface area contributed by atoms with E-state index in [4.69, 9.17) is 11.6 Å². The minimum absolute atomic E-state index is 0.235. The third-order valence-electron chi connectivity index (χ3n) is 5.67. The third-order valence-corrected chi connectivity index (χ3v) is 6.09. The molecule has 2 aromatic heterocycles. The topological polar surface area (TPSA) is 81.8 Å². The Morgan fingerprint density at radius 1 is 1.23 bits per heavy atom. The van der Waals surface area contributed by atoms with Crippen molar-refractivity contribution in [3.05, 3.63) is 71.4 Å². The monoisotopic (exact) mass is 433 g/mol. The summed E-state index contributed by atoms with van der Waals surface area (Å²) >= 11 is 6.75. The molecule has 7 nitrogen and oxygen atoms in total. The van der Waals surface area contributed by atoms with E-state index in [0.29, 0.717) is 24.4 Å². The Labute approximate surface area is 183 Å². The summed E-state index contributed by atoms with van der Waals surface area (Å²) in [6, 6.07) is 11.8. The zero-order valence-corrected chi connectivity index (χ0v) is 17.6. The van der Waals surface area contributed by atoms with Gasteiger partial charge in [-0.15, -0.1) is 0 Å². The molecule has 8 heteroatoms. The van der Waals surface area contributed by atoms with Crippen LogP contribution in [-0.2, 0) is 23.2 Å². The lowest BCUT2D eigenvalue weighted by Gasteiger charge is -2.23. The quantitative estimate of drug-likeness (QED) is 0.498. The van der Waals surface area contributed by atoms with Crippen molar-refractivity contribution in [1.29, 1.82) is 0 Å². The maximum absolute atomic E-state index is 12.3. The molecule has 0 radical (unpaired) electrons. The van der Waals surface area contributed by atoms with E-state index in [1.165, 1.54) is 0 Å². The highest BCUT2D eigenvalue weighted by Crippen LogP contribution is 2.37. The lowest BCUT2D eigenvalue weighted by atomic mass is 9.88. The number of imide groups is 1. The summed E-state index contributed by atoms with van der Waals surface area (Å²) in [5, 5.41) is 8.46. The molecular weight excluding hydrogens is 414 g/mol. The molecule has 1 atom stereocenters. The molecule has 156 valence electrons. The minimum Gasteiger partial charge on any atom is -0.340 e. The smallest absolute Gasteiger partial charge is 0.234 e. The summed E-state index contributed by atoms with van der Waals surface area (Å²) in [4.78, 5) is 28.2. The van der Waals surface area contributed by atoms with Crippen molar-refractivity contribution in [2.24, 2.45) is 7.05 Å². The number of piperidine rings is 1. The maximum Gasteiger partial charge on any atom is 0.234 e. The van der Waals surface area contributed by atoms with E-state index < -0.39 is 5.92 Å². The molecule has 2 aromatic carbocycles. The molecule has 1 fully saturated rings. The number of rotatable bonds is 4. The first-order chi connectivity index (χ1) is 15.0. The van der Waals surface area contributed by atoms with E-state index in [9.17, 15) is 9.59 Å². The number of nitrogens with one attached hydrogen (secondary N) is 1. The van der Waals surface area contributed by atoms with Crippen LogP contribution in [0, 0.1) is 0 Å². The van der Waals surface area contributed by atoms with Crippen LogP contribution >= 0.6 is 11.6 Å². The summed E-state index contributed by atoms with van der Waals surface area (Å²) in [6.45, 7) is 0.593. The number of amides is 2. The Balaban J connectivity index is 1.48. The second-order valence-electron chi connectivity index (χ2n) is 7.82. The minimum atomic E-state index is -0.421. The first kappa shape index (κ1) is 19.5. The molecule has 1 N–H and O–H groups in total. The zero-order valence-electron chi connectivity index (χ0n) is 16.9. The molecule has 0 bridgehead atoms. The Bertz CT molecular complexity index is 1320. The molecule has 1 saturated heterocycles. The van der Waals surface area contributed by atoms with E-state index in [0.717, 1.165) is 33.3 Å². The summed E-state index contributed by atoms with van der Waals surface area (Å²) in [6.07, 6.45) is 6.37. The van der Waals surface area contributed by atoms with E-state index in [-0.39, 0.29) is 11.8 Å². The lowest BCUT2D eigenvalue weighted by Crippen LogP contribution is -2.39. The van der Waals surface area contributed by atoms with Gasteiger partial charge >= 0.3 is 0 Å². The Hall–Kier alpha value is -3.45. The van der Waals surface area contributed by atoms with E-state index in [1.54, 1.807) is 6.33 Å². The van der Waals surface area contributed by atoms with Gasteiger partial charge < -0.3 is 4.57 Å². The van der Waals surface area contributed by atoms with Crippen molar-refractivity contribution in [3.63, 3.8) is 0 Å². The molecule has 2 amide bonds. The van der Waals surface area contributed by atoms with Crippen molar-refractivity contribution >= 4 is 34.3 Å². The predicted molar refractivity (Wildman–Crippen MR) is 118 cm³/mol. The van der Waals surface area contributed by atoms with Crippen LogP contribution in [0.2, 0.25) is 5.02 Å². The van der Waals surface area contributed by atoms with Crippen LogP contribution in [0.1, 0.15) is 30.0 Å². The van der Waals surface area contributed by atoms with Gasteiger partial charge in [0.15, 0.2) is 0 Å². The Kier molecular flexibility index (Phi) is 4.82. The number of imidazole rings is 1. The van der Waals surface area contributed by atoms with Crippen molar-refractivity contribution in [2.45, 2.75) is 25.3 Å². The highest BCUT2D eigenvalue weighted by atomic mass is 35.5. The number of hydrogen-bond acceptors (Lipinski definition) is 4. The predicted octanol–water partition coefficient (Wildman–Crippen LogP) is 3.66. The van der Waals surface area contributed by atoms with Crippen molar-refractivity contribution in [3.8, 4) is 11.1 Å². The molecule has 0 aliphatic carbocycles. The van der Waals surface area contributed by atoms with E-state index >= 15 is 0 Å². The molecule has 1 unspecified atom stereocenters. The van der Waals surface area contributed by atoms with Crippen LogP contribution in [0.5, 0.6) is 0 Å². The van der Waals surface area contributed by atoms with Crippen LogP contribution in [0.15, 0.2) is 55.1 Å². The zero-order chi connectivity index (χ0) is 21.5. The summed E-state index contributed by atoms with van der Waals surface area (Å²) in [7, 11) is 1.94. The normalized spacial score (nSPS) is 16.6. The molecule has 3 heterocycles. The molecule has 0 saturated carbocycles. The van der Waals surface area contributed by atoms with Crippen molar-refractivity contribution < 1.29 is 9.59 Å². The summed E-state index contributed by atoms with van der Waals surface area (Å²) in [5.41, 5.74) is 4.49. The lowest BCUT2D eigenvalue weighted by molar-refractivity contribution is -0.134. The van der Waals surface area contributed by atoms with E-state index in [2.05, 4.69) is 15.4 Å². The number of fused-ring (bicyclic) bond motifs is 1. The number of aromatic nitrogens is 4. The second kappa shape index (κ2) is 7.67. The van der Waals surface area contributed by atoms with Gasteiger partial charge in [-0.25, -0.2) is 4.98 Å². The fraction of sp³-hybridized carbons (Fsp3) is 0.217. The fourth-order valence-corrected chi connectivity index (χ4v) is 4.48. The molecule has 1 aliphatic heterocycles. The van der Waals surface area contributed by atoms with Crippen LogP contribution in [-0.4, -0.2) is 31.1 Å². The fourth-order valence-electron chi connectivity index (χ4n) is 4.11. The number of carbonyl (C=O) groups is 2. The van der Waals surface area contributed by atoms with E-state index in [1.807, 2.05) is 65.1 Å². The van der Waals surface area contributed by atoms with Gasteiger partial charge in [0.2, 0.25) is 11.8 Å². The molecule has 4 aromatic rings. The van der Waals surface area contributed by atoms with Crippen LogP contribution in [0.4, 0.5) is 0 Å².